The second-order valence-corrected chi connectivity index (χ2v) is 5.87. The van der Waals surface area contributed by atoms with E-state index in [1.165, 1.54) is 39.2 Å². The molecule has 0 bridgehead atoms. The molecule has 1 aliphatic rings. The molecule has 1 aromatic rings. The summed E-state index contributed by atoms with van der Waals surface area (Å²) in [4.78, 5) is 13.5. The smallest absolute Gasteiger partial charge is 0.319 e. The molecule has 118 valence electrons. The van der Waals surface area contributed by atoms with Crippen molar-refractivity contribution in [2.24, 2.45) is 0 Å². The maximum Gasteiger partial charge on any atom is 0.319 e. The minimum Gasteiger partial charge on any atom is -0.468 e. The van der Waals surface area contributed by atoms with E-state index in [9.17, 15) is 4.79 Å². The van der Waals surface area contributed by atoms with Crippen LogP contribution >= 0.6 is 0 Å². The average molecular weight is 293 g/mol. The van der Waals surface area contributed by atoms with Gasteiger partial charge in [-0.1, -0.05) is 26.2 Å². The highest BCUT2D eigenvalue weighted by Crippen LogP contribution is 2.27. The Labute approximate surface area is 127 Å². The van der Waals surface area contributed by atoms with E-state index in [4.69, 9.17) is 9.84 Å². The number of carbonyl (C=O) groups excluding carboxylic acids is 1. The lowest BCUT2D eigenvalue weighted by molar-refractivity contribution is -0.142. The van der Waals surface area contributed by atoms with Crippen molar-refractivity contribution in [2.45, 2.75) is 58.0 Å². The zero-order valence-electron chi connectivity index (χ0n) is 13.3. The second-order valence-electron chi connectivity index (χ2n) is 5.87. The molecule has 0 aromatic carbocycles. The highest BCUT2D eigenvalue weighted by atomic mass is 16.5. The summed E-state index contributed by atoms with van der Waals surface area (Å²) in [5.41, 5.74) is 1.04. The van der Waals surface area contributed by atoms with Crippen LogP contribution in [-0.4, -0.2) is 40.8 Å². The lowest BCUT2D eigenvalue weighted by Gasteiger charge is -2.22. The third kappa shape index (κ3) is 4.84. The van der Waals surface area contributed by atoms with Gasteiger partial charge < -0.3 is 4.74 Å². The summed E-state index contributed by atoms with van der Waals surface area (Å²) >= 11 is 0. The van der Waals surface area contributed by atoms with E-state index in [0.29, 0.717) is 19.1 Å². The van der Waals surface area contributed by atoms with Gasteiger partial charge in [0.1, 0.15) is 0 Å². The second kappa shape index (κ2) is 8.17. The standard InChI is InChI=1S/C16H27N3O2/c1-3-10-18(13-16(20)21-2)12-14-9-11-19(17-14)15-7-5-4-6-8-15/h9,11,15H,3-8,10,12-13H2,1-2H3. The minimum atomic E-state index is -0.185. The van der Waals surface area contributed by atoms with Crippen LogP contribution in [0.25, 0.3) is 0 Å². The van der Waals surface area contributed by atoms with E-state index < -0.39 is 0 Å². The van der Waals surface area contributed by atoms with Gasteiger partial charge in [0.05, 0.1) is 25.4 Å². The third-order valence-electron chi connectivity index (χ3n) is 4.12. The molecule has 1 aromatic heterocycles. The van der Waals surface area contributed by atoms with Crippen molar-refractivity contribution in [3.63, 3.8) is 0 Å². The van der Waals surface area contributed by atoms with Crippen LogP contribution in [0.1, 0.15) is 57.2 Å². The summed E-state index contributed by atoms with van der Waals surface area (Å²) in [6, 6.07) is 2.64. The van der Waals surface area contributed by atoms with Crippen molar-refractivity contribution in [1.29, 1.82) is 0 Å². The molecule has 5 heteroatoms. The van der Waals surface area contributed by atoms with E-state index in [1.807, 2.05) is 0 Å². The fraction of sp³-hybridized carbons (Fsp3) is 0.750. The van der Waals surface area contributed by atoms with Crippen LogP contribution in [0.15, 0.2) is 12.3 Å². The highest BCUT2D eigenvalue weighted by molar-refractivity contribution is 5.71. The quantitative estimate of drug-likeness (QED) is 0.725. The average Bonchev–Trinajstić information content (AvgIpc) is 2.97. The molecule has 0 aliphatic heterocycles. The molecule has 1 aliphatic carbocycles. The summed E-state index contributed by atoms with van der Waals surface area (Å²) in [5.74, 6) is -0.185. The van der Waals surface area contributed by atoms with Gasteiger partial charge in [0.25, 0.3) is 0 Å². The van der Waals surface area contributed by atoms with E-state index >= 15 is 0 Å². The maximum absolute atomic E-state index is 11.5. The first-order valence-corrected chi connectivity index (χ1v) is 8.06. The largest absolute Gasteiger partial charge is 0.468 e. The van der Waals surface area contributed by atoms with Crippen LogP contribution in [0.5, 0.6) is 0 Å². The fourth-order valence-corrected chi connectivity index (χ4v) is 3.02. The molecule has 0 N–H and O–H groups in total. The van der Waals surface area contributed by atoms with Gasteiger partial charge in [-0.3, -0.25) is 14.4 Å². The van der Waals surface area contributed by atoms with Gasteiger partial charge >= 0.3 is 5.97 Å². The van der Waals surface area contributed by atoms with Gasteiger partial charge in [0.2, 0.25) is 0 Å². The molecule has 0 spiro atoms. The minimum absolute atomic E-state index is 0.185. The zero-order valence-corrected chi connectivity index (χ0v) is 13.3. The number of hydrogen-bond donors (Lipinski definition) is 0. The number of aromatic nitrogens is 2. The lowest BCUT2D eigenvalue weighted by atomic mass is 9.96. The summed E-state index contributed by atoms with van der Waals surface area (Å²) in [7, 11) is 1.43. The van der Waals surface area contributed by atoms with Crippen molar-refractivity contribution in [3.05, 3.63) is 18.0 Å². The molecule has 0 saturated heterocycles. The molecule has 0 atom stereocenters. The number of hydrogen-bond acceptors (Lipinski definition) is 4. The van der Waals surface area contributed by atoms with E-state index in [2.05, 4.69) is 28.8 Å². The molecule has 0 amide bonds. The number of carbonyl (C=O) groups is 1. The zero-order chi connectivity index (χ0) is 15.1. The monoisotopic (exact) mass is 293 g/mol. The Hall–Kier alpha value is -1.36. The molecule has 21 heavy (non-hydrogen) atoms. The van der Waals surface area contributed by atoms with Crippen LogP contribution in [0.4, 0.5) is 0 Å². The van der Waals surface area contributed by atoms with E-state index in [-0.39, 0.29) is 5.97 Å². The molecule has 5 nitrogen and oxygen atoms in total. The fourth-order valence-electron chi connectivity index (χ4n) is 3.02. The van der Waals surface area contributed by atoms with Crippen LogP contribution < -0.4 is 0 Å². The predicted molar refractivity (Wildman–Crippen MR) is 81.9 cm³/mol. The number of ether oxygens (including phenoxy) is 1. The van der Waals surface area contributed by atoms with E-state index in [0.717, 1.165) is 18.7 Å². The van der Waals surface area contributed by atoms with Crippen LogP contribution in [0.3, 0.4) is 0 Å². The van der Waals surface area contributed by atoms with Gasteiger partial charge in [0.15, 0.2) is 0 Å². The Kier molecular flexibility index (Phi) is 6.23. The van der Waals surface area contributed by atoms with Crippen LogP contribution in [0, 0.1) is 0 Å². The molecular formula is C16H27N3O2. The van der Waals surface area contributed by atoms with Crippen molar-refractivity contribution in [1.82, 2.24) is 14.7 Å². The van der Waals surface area contributed by atoms with Gasteiger partial charge in [-0.2, -0.15) is 5.10 Å². The molecule has 0 unspecified atom stereocenters. The van der Waals surface area contributed by atoms with Crippen molar-refractivity contribution >= 4 is 5.97 Å². The van der Waals surface area contributed by atoms with Gasteiger partial charge in [-0.05, 0) is 31.9 Å². The number of esters is 1. The Morgan fingerprint density at radius 1 is 1.43 bits per heavy atom. The first-order valence-electron chi connectivity index (χ1n) is 8.06. The van der Waals surface area contributed by atoms with Crippen molar-refractivity contribution in [3.8, 4) is 0 Å². The molecule has 1 fully saturated rings. The molecule has 0 radical (unpaired) electrons. The number of rotatable bonds is 7. The first-order chi connectivity index (χ1) is 10.2. The van der Waals surface area contributed by atoms with Gasteiger partial charge in [-0.15, -0.1) is 0 Å². The van der Waals surface area contributed by atoms with Gasteiger partial charge in [0, 0.05) is 12.7 Å². The number of methoxy groups -OCH3 is 1. The SMILES string of the molecule is CCCN(CC(=O)OC)Cc1ccn(C2CCCCC2)n1. The molecule has 1 heterocycles. The number of nitrogens with zero attached hydrogens (tertiary/aromatic N) is 3. The normalized spacial score (nSPS) is 16.3. The Morgan fingerprint density at radius 3 is 2.86 bits per heavy atom. The topological polar surface area (TPSA) is 47.4 Å². The van der Waals surface area contributed by atoms with Gasteiger partial charge in [-0.25, -0.2) is 0 Å². The third-order valence-corrected chi connectivity index (χ3v) is 4.12. The molecule has 2 rings (SSSR count). The first kappa shape index (κ1) is 16.0. The molecule has 1 saturated carbocycles. The Bertz CT molecular complexity index is 438. The summed E-state index contributed by atoms with van der Waals surface area (Å²) in [5, 5.41) is 4.71. The summed E-state index contributed by atoms with van der Waals surface area (Å²) in [6.07, 6.45) is 9.56. The lowest BCUT2D eigenvalue weighted by Crippen LogP contribution is -2.31. The molecular weight excluding hydrogens is 266 g/mol. The Morgan fingerprint density at radius 2 is 2.19 bits per heavy atom. The highest BCUT2D eigenvalue weighted by Gasteiger charge is 2.17. The Balaban J connectivity index is 1.93. The van der Waals surface area contributed by atoms with Crippen molar-refractivity contribution < 1.29 is 9.53 Å². The van der Waals surface area contributed by atoms with Crippen molar-refractivity contribution in [2.75, 3.05) is 20.2 Å². The summed E-state index contributed by atoms with van der Waals surface area (Å²) in [6.45, 7) is 4.04. The van der Waals surface area contributed by atoms with Crippen LogP contribution in [0.2, 0.25) is 0 Å². The predicted octanol–water partition coefficient (Wildman–Crippen LogP) is 2.77. The summed E-state index contributed by atoms with van der Waals surface area (Å²) < 4.78 is 6.88. The maximum atomic E-state index is 11.5. The van der Waals surface area contributed by atoms with Crippen LogP contribution in [-0.2, 0) is 16.1 Å². The van der Waals surface area contributed by atoms with E-state index in [1.54, 1.807) is 0 Å².